The van der Waals surface area contributed by atoms with Gasteiger partial charge >= 0.3 is 0 Å². The van der Waals surface area contributed by atoms with Crippen molar-refractivity contribution in [2.24, 2.45) is 23.7 Å². The third-order valence-electron chi connectivity index (χ3n) is 9.39. The van der Waals surface area contributed by atoms with Gasteiger partial charge in [0.2, 0.25) is 5.91 Å². The van der Waals surface area contributed by atoms with Crippen molar-refractivity contribution in [1.29, 1.82) is 0 Å². The molecule has 3 aromatic heterocycles. The number of amides is 1. The van der Waals surface area contributed by atoms with Gasteiger partial charge in [0.15, 0.2) is 0 Å². The van der Waals surface area contributed by atoms with E-state index in [9.17, 15) is 4.79 Å². The second-order valence-electron chi connectivity index (χ2n) is 12.0. The van der Waals surface area contributed by atoms with Crippen LogP contribution < -0.4 is 5.32 Å². The van der Waals surface area contributed by atoms with E-state index in [-0.39, 0.29) is 11.8 Å². The lowest BCUT2D eigenvalue weighted by atomic mass is 9.86. The number of hydrogen-bond donors (Lipinski definition) is 1. The molecule has 3 aliphatic carbocycles. The van der Waals surface area contributed by atoms with Gasteiger partial charge in [-0.25, -0.2) is 0 Å². The zero-order valence-electron chi connectivity index (χ0n) is 22.2. The summed E-state index contributed by atoms with van der Waals surface area (Å²) in [6.07, 6.45) is 14.9. The number of aromatic nitrogens is 4. The minimum Gasteiger partial charge on any atom is -0.324 e. The van der Waals surface area contributed by atoms with Crippen molar-refractivity contribution in [3.63, 3.8) is 0 Å². The van der Waals surface area contributed by atoms with Crippen LogP contribution in [0, 0.1) is 30.6 Å². The Labute approximate surface area is 223 Å². The van der Waals surface area contributed by atoms with E-state index in [1.165, 1.54) is 42.2 Å². The molecule has 4 unspecified atom stereocenters. The van der Waals surface area contributed by atoms with Crippen LogP contribution in [0.15, 0.2) is 61.2 Å². The average Bonchev–Trinajstić information content (AvgIpc) is 3.32. The minimum absolute atomic E-state index is 0.0000877. The Balaban J connectivity index is 0.967. The van der Waals surface area contributed by atoms with E-state index >= 15 is 0 Å². The predicted octanol–water partition coefficient (Wildman–Crippen LogP) is 6.93. The average molecular weight is 506 g/mol. The molecule has 3 heterocycles. The maximum atomic E-state index is 13.2. The molecule has 4 aromatic rings. The molecule has 1 N–H and O–H groups in total. The van der Waals surface area contributed by atoms with Crippen molar-refractivity contribution in [3.8, 4) is 11.3 Å². The van der Waals surface area contributed by atoms with Crippen molar-refractivity contribution in [3.05, 3.63) is 72.3 Å². The first kappa shape index (κ1) is 23.6. The number of aryl methyl sites for hydroxylation is 1. The van der Waals surface area contributed by atoms with E-state index in [1.807, 2.05) is 29.2 Å². The van der Waals surface area contributed by atoms with Gasteiger partial charge in [-0.2, -0.15) is 5.10 Å². The summed E-state index contributed by atoms with van der Waals surface area (Å²) in [4.78, 5) is 22.3. The Hall–Kier alpha value is -3.54. The van der Waals surface area contributed by atoms with E-state index in [4.69, 9.17) is 0 Å². The van der Waals surface area contributed by atoms with Crippen molar-refractivity contribution < 1.29 is 4.79 Å². The van der Waals surface area contributed by atoms with Crippen molar-refractivity contribution in [2.75, 3.05) is 5.32 Å². The van der Waals surface area contributed by atoms with Gasteiger partial charge in [0.1, 0.15) is 0 Å². The fourth-order valence-corrected chi connectivity index (χ4v) is 7.08. The molecule has 5 atom stereocenters. The second-order valence-corrected chi connectivity index (χ2v) is 12.0. The summed E-state index contributed by atoms with van der Waals surface area (Å²) in [5.41, 5.74) is 6.53. The number of pyridine rings is 2. The summed E-state index contributed by atoms with van der Waals surface area (Å²) < 4.78 is 2.04. The Morgan fingerprint density at radius 1 is 1.00 bits per heavy atom. The molecule has 1 aromatic carbocycles. The van der Waals surface area contributed by atoms with Gasteiger partial charge in [0.05, 0.1) is 35.3 Å². The van der Waals surface area contributed by atoms with Crippen LogP contribution >= 0.6 is 0 Å². The molecule has 7 rings (SSSR count). The van der Waals surface area contributed by atoms with Crippen LogP contribution in [0.4, 0.5) is 5.69 Å². The summed E-state index contributed by atoms with van der Waals surface area (Å²) in [5, 5.41) is 8.90. The van der Waals surface area contributed by atoms with Gasteiger partial charge in [-0.3, -0.25) is 19.4 Å². The van der Waals surface area contributed by atoms with Crippen LogP contribution in [0.1, 0.15) is 68.5 Å². The lowest BCUT2D eigenvalue weighted by Gasteiger charge is -2.21. The number of rotatable bonds is 6. The van der Waals surface area contributed by atoms with Gasteiger partial charge in [0, 0.05) is 29.3 Å². The first-order chi connectivity index (χ1) is 18.5. The lowest BCUT2D eigenvalue weighted by Crippen LogP contribution is -2.26. The third-order valence-corrected chi connectivity index (χ3v) is 9.39. The number of nitrogens with one attached hydrogen (secondary N) is 1. The monoisotopic (exact) mass is 505 g/mol. The summed E-state index contributed by atoms with van der Waals surface area (Å²) in [5.74, 6) is 2.58. The molecule has 6 heteroatoms. The second kappa shape index (κ2) is 9.33. The molecule has 38 heavy (non-hydrogen) atoms. The largest absolute Gasteiger partial charge is 0.324 e. The van der Waals surface area contributed by atoms with Gasteiger partial charge in [-0.1, -0.05) is 18.6 Å². The third kappa shape index (κ3) is 4.40. The smallest absolute Gasteiger partial charge is 0.227 e. The summed E-state index contributed by atoms with van der Waals surface area (Å²) in [7, 11) is 0. The molecule has 3 aliphatic rings. The van der Waals surface area contributed by atoms with Crippen LogP contribution in [0.5, 0.6) is 0 Å². The molecule has 194 valence electrons. The Morgan fingerprint density at radius 2 is 1.82 bits per heavy atom. The first-order valence-electron chi connectivity index (χ1n) is 14.2. The van der Waals surface area contributed by atoms with Gasteiger partial charge < -0.3 is 5.32 Å². The Morgan fingerprint density at radius 3 is 2.55 bits per heavy atom. The van der Waals surface area contributed by atoms with Gasteiger partial charge in [-0.05, 0) is 105 Å². The van der Waals surface area contributed by atoms with E-state index in [0.29, 0.717) is 29.7 Å². The van der Waals surface area contributed by atoms with Crippen molar-refractivity contribution in [1.82, 2.24) is 19.7 Å². The molecule has 0 radical (unpaired) electrons. The topological polar surface area (TPSA) is 72.7 Å². The van der Waals surface area contributed by atoms with Crippen molar-refractivity contribution in [2.45, 2.75) is 64.3 Å². The highest BCUT2D eigenvalue weighted by molar-refractivity contribution is 5.92. The fraction of sp³-hybridized carbons (Fsp3) is 0.438. The molecule has 3 saturated carbocycles. The Bertz CT molecular complexity index is 1470. The predicted molar refractivity (Wildman–Crippen MR) is 150 cm³/mol. The SMILES string of the molecule is Cc1ccc2nccc(C3CC4CC(C(C)C(=O)Nc5ccc(-c6cnn(C7CC7)c6)nc5)C[C@@H]4C3)c2c1. The van der Waals surface area contributed by atoms with Gasteiger partial charge in [0.25, 0.3) is 0 Å². The maximum absolute atomic E-state index is 13.2. The van der Waals surface area contributed by atoms with E-state index in [1.54, 1.807) is 6.20 Å². The van der Waals surface area contributed by atoms with E-state index in [2.05, 4.69) is 64.7 Å². The first-order valence-corrected chi connectivity index (χ1v) is 14.2. The molecule has 0 bridgehead atoms. The van der Waals surface area contributed by atoms with Crippen LogP contribution in [0.2, 0.25) is 0 Å². The number of carbonyl (C=O) groups excluding carboxylic acids is 1. The highest BCUT2D eigenvalue weighted by Gasteiger charge is 2.44. The number of carbonyl (C=O) groups is 1. The highest BCUT2D eigenvalue weighted by Crippen LogP contribution is 2.54. The van der Waals surface area contributed by atoms with E-state index in [0.717, 1.165) is 35.3 Å². The molecule has 3 fully saturated rings. The minimum atomic E-state index is -0.0000877. The van der Waals surface area contributed by atoms with Gasteiger partial charge in [-0.15, -0.1) is 0 Å². The van der Waals surface area contributed by atoms with Crippen molar-refractivity contribution >= 4 is 22.5 Å². The van der Waals surface area contributed by atoms with Crippen LogP contribution in [0.3, 0.4) is 0 Å². The standard InChI is InChI=1S/C32H35N5O/c1-19-3-7-31-29(11-19)28(9-10-33-31)24-14-22-12-21(13-23(22)15-24)20(2)32(38)36-26-4-8-30(34-17-26)25-16-35-37(18-25)27-5-6-27/h3-4,7-11,16-18,20-24,27H,5-6,12-15H2,1-2H3,(H,36,38)/t20?,21?,22-,23?,24?/m1/s1. The highest BCUT2D eigenvalue weighted by atomic mass is 16.1. The zero-order chi connectivity index (χ0) is 25.8. The quantitative estimate of drug-likeness (QED) is 0.308. The number of hydrogen-bond acceptors (Lipinski definition) is 4. The molecular weight excluding hydrogens is 470 g/mol. The molecule has 0 saturated heterocycles. The maximum Gasteiger partial charge on any atom is 0.227 e. The summed E-state index contributed by atoms with van der Waals surface area (Å²) in [6, 6.07) is 13.3. The molecular formula is C32H35N5O. The number of anilines is 1. The molecule has 0 aliphatic heterocycles. The molecule has 6 nitrogen and oxygen atoms in total. The summed E-state index contributed by atoms with van der Waals surface area (Å²) in [6.45, 7) is 4.26. The van der Waals surface area contributed by atoms with Crippen LogP contribution in [0.25, 0.3) is 22.2 Å². The number of benzene rings is 1. The number of fused-ring (bicyclic) bond motifs is 2. The lowest BCUT2D eigenvalue weighted by molar-refractivity contribution is -0.120. The number of nitrogens with zero attached hydrogens (tertiary/aromatic N) is 4. The normalized spacial score (nSPS) is 25.4. The van der Waals surface area contributed by atoms with Crippen LogP contribution in [-0.2, 0) is 4.79 Å². The fourth-order valence-electron chi connectivity index (χ4n) is 7.08. The van der Waals surface area contributed by atoms with Crippen LogP contribution in [-0.4, -0.2) is 25.7 Å². The Kier molecular flexibility index (Phi) is 5.79. The summed E-state index contributed by atoms with van der Waals surface area (Å²) >= 11 is 0. The molecule has 0 spiro atoms. The molecule has 1 amide bonds. The van der Waals surface area contributed by atoms with E-state index < -0.39 is 0 Å². The zero-order valence-corrected chi connectivity index (χ0v) is 22.2.